The fourth-order valence-electron chi connectivity index (χ4n) is 2.68. The molecular formula is C15H22N2O2. The van der Waals surface area contributed by atoms with Crippen LogP contribution < -0.4 is 11.1 Å². The van der Waals surface area contributed by atoms with Crippen molar-refractivity contribution in [3.8, 4) is 0 Å². The van der Waals surface area contributed by atoms with E-state index in [1.165, 1.54) is 12.8 Å². The summed E-state index contributed by atoms with van der Waals surface area (Å²) >= 11 is 0. The van der Waals surface area contributed by atoms with Crippen LogP contribution in [0.3, 0.4) is 0 Å². The topological polar surface area (TPSA) is 64.3 Å². The zero-order valence-corrected chi connectivity index (χ0v) is 11.4. The average molecular weight is 262 g/mol. The van der Waals surface area contributed by atoms with Gasteiger partial charge in [-0.3, -0.25) is 4.79 Å². The molecule has 2 unspecified atom stereocenters. The third-order valence-electron chi connectivity index (χ3n) is 3.69. The van der Waals surface area contributed by atoms with Crippen molar-refractivity contribution in [2.45, 2.75) is 44.2 Å². The Morgan fingerprint density at radius 1 is 1.32 bits per heavy atom. The minimum absolute atomic E-state index is 0.291. The summed E-state index contributed by atoms with van der Waals surface area (Å²) in [7, 11) is 1.78. The van der Waals surface area contributed by atoms with Crippen LogP contribution in [0.2, 0.25) is 0 Å². The second-order valence-corrected chi connectivity index (χ2v) is 5.15. The zero-order valence-electron chi connectivity index (χ0n) is 11.4. The molecule has 0 aromatic heterocycles. The van der Waals surface area contributed by atoms with Gasteiger partial charge in [0.25, 0.3) is 0 Å². The number of ether oxygens (including phenoxy) is 1. The van der Waals surface area contributed by atoms with Gasteiger partial charge >= 0.3 is 0 Å². The molecule has 1 aliphatic carbocycles. The number of hydrogen-bond acceptors (Lipinski definition) is 3. The summed E-state index contributed by atoms with van der Waals surface area (Å²) in [5.74, 6) is -0.299. The molecule has 3 N–H and O–H groups in total. The molecule has 1 aliphatic rings. The average Bonchev–Trinajstić information content (AvgIpc) is 2.41. The molecule has 0 saturated heterocycles. The summed E-state index contributed by atoms with van der Waals surface area (Å²) in [4.78, 5) is 10.8. The van der Waals surface area contributed by atoms with E-state index in [2.05, 4.69) is 5.32 Å². The smallest absolute Gasteiger partial charge is 0.221 e. The molecule has 1 saturated carbocycles. The van der Waals surface area contributed by atoms with E-state index in [0.717, 1.165) is 24.1 Å². The number of rotatable bonds is 5. The Balaban J connectivity index is 1.96. The third-order valence-corrected chi connectivity index (χ3v) is 3.69. The van der Waals surface area contributed by atoms with Gasteiger partial charge in [-0.2, -0.15) is 0 Å². The lowest BCUT2D eigenvalue weighted by Crippen LogP contribution is -2.37. The van der Waals surface area contributed by atoms with Crippen LogP contribution in [0.5, 0.6) is 0 Å². The number of methoxy groups -OCH3 is 1. The summed E-state index contributed by atoms with van der Waals surface area (Å²) in [6, 6.07) is 8.26. The summed E-state index contributed by atoms with van der Waals surface area (Å²) in [6.07, 6.45) is 5.34. The Kier molecular flexibility index (Phi) is 4.80. The molecule has 104 valence electrons. The first kappa shape index (κ1) is 13.9. The summed E-state index contributed by atoms with van der Waals surface area (Å²) in [5, 5.41) is 3.52. The molecule has 1 fully saturated rings. The number of carbonyl (C=O) groups excluding carboxylic acids is 1. The predicted molar refractivity (Wildman–Crippen MR) is 76.0 cm³/mol. The molecule has 1 amide bonds. The monoisotopic (exact) mass is 262 g/mol. The maximum atomic E-state index is 10.8. The van der Waals surface area contributed by atoms with Gasteiger partial charge in [0.05, 0.1) is 18.6 Å². The number of amides is 1. The first-order chi connectivity index (χ1) is 9.19. The van der Waals surface area contributed by atoms with Crippen LogP contribution >= 0.6 is 0 Å². The van der Waals surface area contributed by atoms with Crippen LogP contribution in [0.25, 0.3) is 0 Å². The summed E-state index contributed by atoms with van der Waals surface area (Å²) < 4.78 is 5.53. The number of anilines is 1. The first-order valence-electron chi connectivity index (χ1n) is 6.85. The van der Waals surface area contributed by atoms with Crippen molar-refractivity contribution in [1.82, 2.24) is 0 Å². The summed E-state index contributed by atoms with van der Waals surface area (Å²) in [6.45, 7) is 0. The Bertz CT molecular complexity index is 417. The molecule has 0 heterocycles. The lowest BCUT2D eigenvalue weighted by molar-refractivity contribution is -0.117. The number of nitrogens with two attached hydrogens (primary N) is 1. The van der Waals surface area contributed by atoms with Crippen molar-refractivity contribution in [2.24, 2.45) is 5.73 Å². The number of nitrogens with one attached hydrogen (secondary N) is 1. The number of benzene rings is 1. The zero-order chi connectivity index (χ0) is 13.7. The molecule has 2 atom stereocenters. The Morgan fingerprint density at radius 2 is 2.00 bits per heavy atom. The number of primary amides is 1. The molecular weight excluding hydrogens is 240 g/mol. The Labute approximate surface area is 114 Å². The lowest BCUT2D eigenvalue weighted by atomic mass is 9.92. The molecule has 2 rings (SSSR count). The Hall–Kier alpha value is -1.55. The van der Waals surface area contributed by atoms with Crippen LogP contribution in [-0.2, 0) is 16.0 Å². The second-order valence-electron chi connectivity index (χ2n) is 5.15. The second kappa shape index (κ2) is 6.57. The van der Waals surface area contributed by atoms with Gasteiger partial charge in [0, 0.05) is 12.8 Å². The van der Waals surface area contributed by atoms with Gasteiger partial charge in [0.15, 0.2) is 0 Å². The highest BCUT2D eigenvalue weighted by Crippen LogP contribution is 2.24. The van der Waals surface area contributed by atoms with Crippen molar-refractivity contribution < 1.29 is 9.53 Å². The van der Waals surface area contributed by atoms with E-state index in [-0.39, 0.29) is 5.91 Å². The minimum Gasteiger partial charge on any atom is -0.380 e. The van der Waals surface area contributed by atoms with E-state index in [1.807, 2.05) is 24.3 Å². The van der Waals surface area contributed by atoms with Crippen molar-refractivity contribution in [3.63, 3.8) is 0 Å². The highest BCUT2D eigenvalue weighted by molar-refractivity contribution is 5.76. The van der Waals surface area contributed by atoms with Crippen LogP contribution in [0.1, 0.15) is 31.2 Å². The van der Waals surface area contributed by atoms with Gasteiger partial charge in [0.2, 0.25) is 5.91 Å². The van der Waals surface area contributed by atoms with E-state index in [9.17, 15) is 4.79 Å². The quantitative estimate of drug-likeness (QED) is 0.854. The normalized spacial score (nSPS) is 23.0. The van der Waals surface area contributed by atoms with Gasteiger partial charge in [0.1, 0.15) is 0 Å². The largest absolute Gasteiger partial charge is 0.380 e. The third kappa shape index (κ3) is 3.96. The highest BCUT2D eigenvalue weighted by atomic mass is 16.5. The van der Waals surface area contributed by atoms with Gasteiger partial charge in [-0.1, -0.05) is 25.0 Å². The van der Waals surface area contributed by atoms with Crippen LogP contribution in [-0.4, -0.2) is 25.2 Å². The molecule has 0 radical (unpaired) electrons. The van der Waals surface area contributed by atoms with Crippen LogP contribution in [0.4, 0.5) is 5.69 Å². The van der Waals surface area contributed by atoms with Crippen molar-refractivity contribution in [3.05, 3.63) is 29.8 Å². The molecule has 0 bridgehead atoms. The van der Waals surface area contributed by atoms with Gasteiger partial charge in [-0.05, 0) is 30.5 Å². The van der Waals surface area contributed by atoms with E-state index >= 15 is 0 Å². The fourth-order valence-corrected chi connectivity index (χ4v) is 2.68. The highest BCUT2D eigenvalue weighted by Gasteiger charge is 2.24. The number of hydrogen-bond donors (Lipinski definition) is 2. The lowest BCUT2D eigenvalue weighted by Gasteiger charge is -2.31. The van der Waals surface area contributed by atoms with E-state index < -0.39 is 0 Å². The maximum Gasteiger partial charge on any atom is 0.221 e. The van der Waals surface area contributed by atoms with Crippen molar-refractivity contribution in [1.29, 1.82) is 0 Å². The molecule has 4 heteroatoms. The van der Waals surface area contributed by atoms with Gasteiger partial charge in [-0.15, -0.1) is 0 Å². The van der Waals surface area contributed by atoms with Gasteiger partial charge in [-0.25, -0.2) is 0 Å². The molecule has 19 heavy (non-hydrogen) atoms. The number of carbonyl (C=O) groups is 1. The predicted octanol–water partition coefficient (Wildman–Crippen LogP) is 2.08. The molecule has 1 aromatic rings. The van der Waals surface area contributed by atoms with Crippen LogP contribution in [0, 0.1) is 0 Å². The van der Waals surface area contributed by atoms with E-state index in [4.69, 9.17) is 10.5 Å². The van der Waals surface area contributed by atoms with Crippen molar-refractivity contribution in [2.75, 3.05) is 12.4 Å². The summed E-state index contributed by atoms with van der Waals surface area (Å²) in [5.41, 5.74) is 7.20. The Morgan fingerprint density at radius 3 is 2.63 bits per heavy atom. The molecule has 4 nitrogen and oxygen atoms in total. The molecule has 0 spiro atoms. The first-order valence-corrected chi connectivity index (χ1v) is 6.85. The van der Waals surface area contributed by atoms with Crippen molar-refractivity contribution >= 4 is 11.6 Å². The SMILES string of the molecule is COC1CCCCC1Nc1ccc(CC(N)=O)cc1. The standard InChI is InChI=1S/C15H22N2O2/c1-19-14-5-3-2-4-13(14)17-12-8-6-11(7-9-12)10-15(16)18/h6-9,13-14,17H,2-5,10H2,1H3,(H2,16,18). The van der Waals surface area contributed by atoms with E-state index in [1.54, 1.807) is 7.11 Å². The van der Waals surface area contributed by atoms with Crippen LogP contribution in [0.15, 0.2) is 24.3 Å². The minimum atomic E-state index is -0.299. The fraction of sp³-hybridized carbons (Fsp3) is 0.533. The maximum absolute atomic E-state index is 10.8. The molecule has 0 aliphatic heterocycles. The van der Waals surface area contributed by atoms with E-state index in [0.29, 0.717) is 18.6 Å². The van der Waals surface area contributed by atoms with Gasteiger partial charge < -0.3 is 15.8 Å². The molecule has 1 aromatic carbocycles.